The lowest BCUT2D eigenvalue weighted by Gasteiger charge is -2.45. The zero-order valence-corrected chi connectivity index (χ0v) is 59.1. The number of nitrogens with zero attached hydrogens (tertiary/aromatic N) is 7. The van der Waals surface area contributed by atoms with E-state index < -0.39 is 110 Å². The predicted molar refractivity (Wildman–Crippen MR) is 383 cm³/mol. The Morgan fingerprint density at radius 2 is 1.01 bits per heavy atom. The topological polar surface area (TPSA) is 334 Å². The fourth-order valence-corrected chi connectivity index (χ4v) is 13.7. The number of benzene rings is 7. The van der Waals surface area contributed by atoms with Gasteiger partial charge in [0, 0.05) is 41.3 Å². The van der Waals surface area contributed by atoms with Crippen molar-refractivity contribution in [1.82, 2.24) is 29.2 Å². The van der Waals surface area contributed by atoms with Gasteiger partial charge in [-0.2, -0.15) is 15.2 Å². The number of anilines is 2. The lowest BCUT2D eigenvalue weighted by atomic mass is 9.79. The number of aryl methyl sites for hydroxylation is 2. The van der Waals surface area contributed by atoms with Gasteiger partial charge in [-0.1, -0.05) is 127 Å². The number of para-hydroxylation sites is 2. The van der Waals surface area contributed by atoms with E-state index >= 15 is 0 Å². The average Bonchev–Trinajstić information content (AvgIpc) is 1.46. The van der Waals surface area contributed by atoms with Crippen molar-refractivity contribution in [3.63, 3.8) is 0 Å². The number of hydrogen-bond donors (Lipinski definition) is 4. The summed E-state index contributed by atoms with van der Waals surface area (Å²) in [6, 6.07) is 61.5. The van der Waals surface area contributed by atoms with Crippen LogP contribution in [0.4, 0.5) is 11.6 Å². The van der Waals surface area contributed by atoms with Gasteiger partial charge in [-0.05, 0) is 103 Å². The van der Waals surface area contributed by atoms with Crippen molar-refractivity contribution in [3.8, 4) is 29.1 Å². The van der Waals surface area contributed by atoms with Gasteiger partial charge in [0.05, 0.1) is 59.6 Å². The molecular weight excluding hydrogens is 1390 g/mol. The van der Waals surface area contributed by atoms with Gasteiger partial charge in [-0.25, -0.2) is 19.7 Å². The van der Waals surface area contributed by atoms with Crippen LogP contribution in [-0.2, 0) is 48.1 Å². The smallest absolute Gasteiger partial charge is 0.351 e. The molecule has 0 radical (unpaired) electrons. The second kappa shape index (κ2) is 33.4. The van der Waals surface area contributed by atoms with Crippen LogP contribution in [0.15, 0.2) is 222 Å². The first kappa shape index (κ1) is 74.7. The molecule has 9 aromatic rings. The summed E-state index contributed by atoms with van der Waals surface area (Å²) in [5, 5.41) is 37.8. The standard InChI is InChI=1S/C51H50N5O11P.C26H26N4O8/c1-35-31-55(49(59)54-46(35)53-47(58)36-15-8-5-9-16-36)48-44-45(67-68(4)64-30-14-29-52)50(65-48,33-56(66-44)43(57)32-62-42-19-12-7-13-20-42)34-63-51(37-17-10-6-11-18-37,38-21-25-40(60-2)26-22-38)39-23-27-41(61-3)28-24-39;1-16-12-29(25(35)28-22(16)27-23(34)17-8-4-2-5-9-17)24-20-21(33)26(15-31,37-24)14-30(38-20)19(32)13-36-18-10-6-3-7-11-18/h5-13,15-28,31,44-45,48H,14,30,32-34H2,1-4H3,(H,53,54,58,59);2-12,20-21,24,31,33H,13-15H2,1H3,(H,27,28,34,35)/t44-,45?,48+,50+,68?;20-,21?,24+,26+/m00/s1. The van der Waals surface area contributed by atoms with E-state index in [-0.39, 0.29) is 51.0 Å². The SMILES string of the molecule is COc1ccc(C(OC[C@]23CN(C(=O)COc4ccccc4)O[C@@H](C2OP(C)OCCC#N)[C@H](n2cc(C)c(NC(=O)c4ccccc4)nc2=O)O3)(c2ccccc2)c2ccc(OC)cc2)cc1.Cc1cn([C@@H]2O[C@@]3(CO)CN(C(=O)COc4ccccc4)O[C@H]2C3O)c(=O)nc1NC(=O)c1ccccc1. The van der Waals surface area contributed by atoms with Gasteiger partial charge in [0.25, 0.3) is 23.6 Å². The lowest BCUT2D eigenvalue weighted by molar-refractivity contribution is -0.260. The Balaban J connectivity index is 0.000000233. The molecule has 0 spiro atoms. The van der Waals surface area contributed by atoms with Crippen molar-refractivity contribution in [1.29, 1.82) is 5.26 Å². The molecule has 4 amide bonds. The molecule has 4 aliphatic heterocycles. The number of rotatable bonds is 26. The van der Waals surface area contributed by atoms with Crippen molar-refractivity contribution in [2.75, 3.05) is 77.6 Å². The molecular formula is C77H76N9O19P. The maximum atomic E-state index is 14.3. The predicted octanol–water partition coefficient (Wildman–Crippen LogP) is 8.22. The summed E-state index contributed by atoms with van der Waals surface area (Å²) in [6.45, 7) is 2.97. The highest BCUT2D eigenvalue weighted by atomic mass is 31.2. The number of hydrogen-bond acceptors (Lipinski definition) is 22. The van der Waals surface area contributed by atoms with Crippen molar-refractivity contribution in [2.24, 2.45) is 0 Å². The first-order chi connectivity index (χ1) is 51.4. The normalized spacial score (nSPS) is 20.9. The highest BCUT2D eigenvalue weighted by molar-refractivity contribution is 7.46. The minimum absolute atomic E-state index is 0.0531. The van der Waals surface area contributed by atoms with Crippen molar-refractivity contribution < 1.29 is 81.3 Å². The first-order valence-electron chi connectivity index (χ1n) is 33.6. The minimum atomic E-state index is -1.72. The number of hydroxylamine groups is 4. The Kier molecular flexibility index (Phi) is 23.5. The number of aliphatic hydroxyl groups excluding tert-OH is 2. The molecule has 4 aliphatic rings. The maximum absolute atomic E-state index is 14.3. The Morgan fingerprint density at radius 1 is 0.594 bits per heavy atom. The number of amides is 4. The molecule has 28 nitrogen and oxygen atoms in total. The van der Waals surface area contributed by atoms with E-state index in [4.69, 9.17) is 51.9 Å². The van der Waals surface area contributed by atoms with Crippen LogP contribution in [0.1, 0.15) is 67.4 Å². The number of ether oxygens (including phenoxy) is 7. The van der Waals surface area contributed by atoms with Gasteiger partial charge in [-0.15, -0.1) is 0 Å². The Morgan fingerprint density at radius 3 is 1.46 bits per heavy atom. The highest BCUT2D eigenvalue weighted by Gasteiger charge is 2.65. The summed E-state index contributed by atoms with van der Waals surface area (Å²) in [4.78, 5) is 101. The zero-order chi connectivity index (χ0) is 74.5. The Labute approximate surface area is 609 Å². The third-order valence-corrected chi connectivity index (χ3v) is 19.2. The summed E-state index contributed by atoms with van der Waals surface area (Å²) in [7, 11) is 1.46. The molecule has 0 aliphatic carbocycles. The highest BCUT2D eigenvalue weighted by Crippen LogP contribution is 2.53. The number of carbonyl (C=O) groups is 4. The van der Waals surface area contributed by atoms with E-state index in [1.807, 2.05) is 91.0 Å². The molecule has 9 atom stereocenters. The molecule has 7 aromatic carbocycles. The molecule has 4 saturated heterocycles. The molecule has 13 rings (SSSR count). The van der Waals surface area contributed by atoms with Crippen molar-refractivity contribution in [2.45, 2.75) is 73.9 Å². The van der Waals surface area contributed by atoms with Gasteiger partial charge in [-0.3, -0.25) is 38.0 Å². The zero-order valence-electron chi connectivity index (χ0n) is 58.2. The maximum Gasteiger partial charge on any atom is 0.351 e. The van der Waals surface area contributed by atoms with Crippen LogP contribution in [-0.4, -0.2) is 166 Å². The molecule has 4 bridgehead atoms. The number of aromatic nitrogens is 4. The number of nitrogens with one attached hydrogen (secondary N) is 2. The number of fused-ring (bicyclic) bond motifs is 4. The lowest BCUT2D eigenvalue weighted by Crippen LogP contribution is -2.63. The fraction of sp³-hybridized carbons (Fsp3) is 0.286. The number of nitriles is 1. The molecule has 2 aromatic heterocycles. The van der Waals surface area contributed by atoms with Gasteiger partial charge in [0.1, 0.15) is 63.6 Å². The van der Waals surface area contributed by atoms with E-state index in [1.54, 1.807) is 144 Å². The van der Waals surface area contributed by atoms with Crippen LogP contribution in [0.3, 0.4) is 0 Å². The first-order valence-corrected chi connectivity index (χ1v) is 35.3. The Bertz CT molecular complexity index is 4660. The number of carbonyl (C=O) groups excluding carboxylic acids is 4. The van der Waals surface area contributed by atoms with E-state index in [1.165, 1.54) is 17.0 Å². The average molecular weight is 1460 g/mol. The van der Waals surface area contributed by atoms with Gasteiger partial charge in [0.2, 0.25) is 0 Å². The number of aliphatic hydroxyl groups is 2. The van der Waals surface area contributed by atoms with Crippen LogP contribution in [0.5, 0.6) is 23.0 Å². The molecule has 548 valence electrons. The van der Waals surface area contributed by atoms with E-state index in [2.05, 4.69) is 26.7 Å². The summed E-state index contributed by atoms with van der Waals surface area (Å²) in [5.41, 5.74) is -2.24. The summed E-state index contributed by atoms with van der Waals surface area (Å²) in [6.07, 6.45) is -4.25. The van der Waals surface area contributed by atoms with Gasteiger partial charge >= 0.3 is 11.4 Å². The Hall–Kier alpha value is -11.1. The van der Waals surface area contributed by atoms with Gasteiger partial charge < -0.3 is 63.1 Å². The molecule has 29 heteroatoms. The quantitative estimate of drug-likeness (QED) is 0.0225. The van der Waals surface area contributed by atoms with Crippen molar-refractivity contribution in [3.05, 3.63) is 272 Å². The largest absolute Gasteiger partial charge is 0.497 e. The summed E-state index contributed by atoms with van der Waals surface area (Å²) < 4.78 is 58.3. The summed E-state index contributed by atoms with van der Waals surface area (Å²) >= 11 is 0. The van der Waals surface area contributed by atoms with Crippen LogP contribution < -0.4 is 41.0 Å². The van der Waals surface area contributed by atoms with E-state index in [0.717, 1.165) is 31.4 Å². The van der Waals surface area contributed by atoms with Crippen LogP contribution >= 0.6 is 8.38 Å². The van der Waals surface area contributed by atoms with E-state index in [9.17, 15) is 44.2 Å². The fourth-order valence-electron chi connectivity index (χ4n) is 12.7. The molecule has 4 fully saturated rings. The monoisotopic (exact) mass is 1460 g/mol. The number of methoxy groups -OCH3 is 2. The second-order valence-corrected chi connectivity index (χ2v) is 26.4. The van der Waals surface area contributed by atoms with Crippen molar-refractivity contribution >= 4 is 43.6 Å². The molecule has 3 unspecified atom stereocenters. The molecule has 0 saturated carbocycles. The molecule has 106 heavy (non-hydrogen) atoms. The molecule has 6 heterocycles. The van der Waals surface area contributed by atoms with Crippen LogP contribution in [0.25, 0.3) is 0 Å². The molecule has 4 N–H and O–H groups in total. The van der Waals surface area contributed by atoms with E-state index in [0.29, 0.717) is 45.3 Å². The van der Waals surface area contributed by atoms with Crippen LogP contribution in [0, 0.1) is 25.2 Å². The van der Waals surface area contributed by atoms with Gasteiger partial charge in [0.15, 0.2) is 46.3 Å². The summed E-state index contributed by atoms with van der Waals surface area (Å²) in [5.74, 6) is 0.345. The second-order valence-electron chi connectivity index (χ2n) is 25.0. The third kappa shape index (κ3) is 16.2. The third-order valence-electron chi connectivity index (χ3n) is 18.1. The minimum Gasteiger partial charge on any atom is -0.497 e. The van der Waals surface area contributed by atoms with Crippen LogP contribution in [0.2, 0.25) is 0 Å².